The molecule has 0 bridgehead atoms. The standard InChI is InChI=1S/C17H24N6O2S/c1-4-23(15-9-10-26(24,25)12-15)17-20-16(11-18-21-17)19-13-5-7-14(8-6-13)22(2)3/h5-8,11,15H,4,9-10,12H2,1-3H3,(H,19,20,21). The molecular formula is C17H24N6O2S. The van der Waals surface area contributed by atoms with Crippen LogP contribution in [-0.4, -0.2) is 61.8 Å². The molecule has 0 aliphatic carbocycles. The van der Waals surface area contributed by atoms with E-state index in [4.69, 9.17) is 0 Å². The normalized spacial score (nSPS) is 18.5. The van der Waals surface area contributed by atoms with Gasteiger partial charge in [0, 0.05) is 38.1 Å². The van der Waals surface area contributed by atoms with Crippen LogP contribution >= 0.6 is 0 Å². The maximum Gasteiger partial charge on any atom is 0.247 e. The minimum absolute atomic E-state index is 0.0959. The molecule has 140 valence electrons. The Bertz CT molecular complexity index is 854. The summed E-state index contributed by atoms with van der Waals surface area (Å²) in [5.41, 5.74) is 2.00. The zero-order valence-electron chi connectivity index (χ0n) is 15.3. The van der Waals surface area contributed by atoms with Crippen molar-refractivity contribution in [3.8, 4) is 0 Å². The molecule has 0 radical (unpaired) electrons. The van der Waals surface area contributed by atoms with Crippen molar-refractivity contribution in [1.82, 2.24) is 15.2 Å². The Morgan fingerprint density at radius 1 is 1.23 bits per heavy atom. The molecule has 1 fully saturated rings. The van der Waals surface area contributed by atoms with E-state index < -0.39 is 9.84 Å². The Morgan fingerprint density at radius 3 is 2.54 bits per heavy atom. The van der Waals surface area contributed by atoms with Gasteiger partial charge in [0.2, 0.25) is 5.95 Å². The van der Waals surface area contributed by atoms with Gasteiger partial charge in [0.15, 0.2) is 15.7 Å². The van der Waals surface area contributed by atoms with Crippen molar-refractivity contribution in [2.45, 2.75) is 19.4 Å². The van der Waals surface area contributed by atoms with Gasteiger partial charge in [0.25, 0.3) is 0 Å². The van der Waals surface area contributed by atoms with Crippen molar-refractivity contribution >= 4 is 33.0 Å². The van der Waals surface area contributed by atoms with Crippen molar-refractivity contribution in [1.29, 1.82) is 0 Å². The van der Waals surface area contributed by atoms with E-state index in [0.29, 0.717) is 24.7 Å². The summed E-state index contributed by atoms with van der Waals surface area (Å²) >= 11 is 0. The number of sulfone groups is 1. The van der Waals surface area contributed by atoms with Crippen LogP contribution in [0.3, 0.4) is 0 Å². The fraction of sp³-hybridized carbons (Fsp3) is 0.471. The SMILES string of the molecule is CCN(c1nncc(Nc2ccc(N(C)C)cc2)n1)C1CCS(=O)(=O)C1. The lowest BCUT2D eigenvalue weighted by molar-refractivity contribution is 0.598. The van der Waals surface area contributed by atoms with Gasteiger partial charge < -0.3 is 15.1 Å². The second kappa shape index (κ2) is 7.45. The smallest absolute Gasteiger partial charge is 0.247 e. The number of aromatic nitrogens is 3. The molecule has 1 unspecified atom stereocenters. The second-order valence-electron chi connectivity index (χ2n) is 6.55. The fourth-order valence-corrected chi connectivity index (χ4v) is 4.78. The quantitative estimate of drug-likeness (QED) is 0.814. The fourth-order valence-electron chi connectivity index (χ4n) is 3.05. The number of nitrogens with one attached hydrogen (secondary N) is 1. The van der Waals surface area contributed by atoms with Crippen LogP contribution in [-0.2, 0) is 9.84 Å². The highest BCUT2D eigenvalue weighted by Gasteiger charge is 2.33. The molecule has 1 aliphatic rings. The molecule has 3 rings (SSSR count). The van der Waals surface area contributed by atoms with E-state index in [1.807, 2.05) is 55.1 Å². The van der Waals surface area contributed by atoms with Crippen molar-refractivity contribution in [3.05, 3.63) is 30.5 Å². The number of benzene rings is 1. The Balaban J connectivity index is 1.76. The van der Waals surface area contributed by atoms with Crippen molar-refractivity contribution in [2.24, 2.45) is 0 Å². The van der Waals surface area contributed by atoms with Gasteiger partial charge in [0.05, 0.1) is 17.7 Å². The molecule has 1 atom stereocenters. The molecular weight excluding hydrogens is 352 g/mol. The van der Waals surface area contributed by atoms with Crippen LogP contribution in [0.5, 0.6) is 0 Å². The Labute approximate surface area is 154 Å². The molecule has 1 saturated heterocycles. The van der Waals surface area contributed by atoms with Crippen LogP contribution in [0.25, 0.3) is 0 Å². The van der Waals surface area contributed by atoms with Crippen molar-refractivity contribution in [3.63, 3.8) is 0 Å². The average molecular weight is 376 g/mol. The van der Waals surface area contributed by atoms with Gasteiger partial charge in [-0.1, -0.05) is 0 Å². The molecule has 0 amide bonds. The molecule has 8 nitrogen and oxygen atoms in total. The first-order valence-corrected chi connectivity index (χ1v) is 10.4. The maximum atomic E-state index is 11.8. The minimum Gasteiger partial charge on any atom is -0.378 e. The van der Waals surface area contributed by atoms with Crippen LogP contribution in [0.1, 0.15) is 13.3 Å². The molecule has 1 aromatic heterocycles. The van der Waals surface area contributed by atoms with E-state index in [9.17, 15) is 8.42 Å². The van der Waals surface area contributed by atoms with Crippen LogP contribution < -0.4 is 15.1 Å². The topological polar surface area (TPSA) is 91.3 Å². The molecule has 0 saturated carbocycles. The van der Waals surface area contributed by atoms with E-state index in [1.165, 1.54) is 0 Å². The lowest BCUT2D eigenvalue weighted by Gasteiger charge is -2.26. The predicted octanol–water partition coefficient (Wildman–Crippen LogP) is 1.69. The summed E-state index contributed by atoms with van der Waals surface area (Å²) in [6.45, 7) is 2.59. The predicted molar refractivity (Wildman–Crippen MR) is 104 cm³/mol. The number of anilines is 4. The van der Waals surface area contributed by atoms with Gasteiger partial charge in [-0.15, -0.1) is 5.10 Å². The summed E-state index contributed by atoms with van der Waals surface area (Å²) in [4.78, 5) is 8.47. The van der Waals surface area contributed by atoms with Gasteiger partial charge in [-0.3, -0.25) is 0 Å². The van der Waals surface area contributed by atoms with E-state index >= 15 is 0 Å². The summed E-state index contributed by atoms with van der Waals surface area (Å²) in [6, 6.07) is 7.87. The average Bonchev–Trinajstić information content (AvgIpc) is 2.96. The van der Waals surface area contributed by atoms with Gasteiger partial charge in [-0.25, -0.2) is 8.42 Å². The van der Waals surface area contributed by atoms with E-state index in [0.717, 1.165) is 11.4 Å². The number of nitrogens with zero attached hydrogens (tertiary/aromatic N) is 5. The molecule has 1 N–H and O–H groups in total. The summed E-state index contributed by atoms with van der Waals surface area (Å²) in [7, 11) is 1.02. The van der Waals surface area contributed by atoms with Gasteiger partial charge in [-0.2, -0.15) is 10.1 Å². The summed E-state index contributed by atoms with van der Waals surface area (Å²) < 4.78 is 23.6. The van der Waals surface area contributed by atoms with E-state index in [-0.39, 0.29) is 17.5 Å². The molecule has 9 heteroatoms. The molecule has 1 aliphatic heterocycles. The van der Waals surface area contributed by atoms with Crippen molar-refractivity contribution < 1.29 is 8.42 Å². The summed E-state index contributed by atoms with van der Waals surface area (Å²) in [5.74, 6) is 1.39. The summed E-state index contributed by atoms with van der Waals surface area (Å²) in [5, 5.41) is 11.4. The van der Waals surface area contributed by atoms with E-state index in [2.05, 4.69) is 20.5 Å². The van der Waals surface area contributed by atoms with Crippen LogP contribution in [0.4, 0.5) is 23.1 Å². The Hall–Kier alpha value is -2.42. The highest BCUT2D eigenvalue weighted by Crippen LogP contribution is 2.23. The minimum atomic E-state index is -2.97. The Kier molecular flexibility index (Phi) is 5.26. The molecule has 2 aromatic rings. The van der Waals surface area contributed by atoms with Crippen LogP contribution in [0.2, 0.25) is 0 Å². The first kappa shape index (κ1) is 18.4. The second-order valence-corrected chi connectivity index (χ2v) is 8.78. The van der Waals surface area contributed by atoms with Crippen LogP contribution in [0, 0.1) is 0 Å². The first-order chi connectivity index (χ1) is 12.4. The molecule has 26 heavy (non-hydrogen) atoms. The van der Waals surface area contributed by atoms with Gasteiger partial charge >= 0.3 is 0 Å². The highest BCUT2D eigenvalue weighted by molar-refractivity contribution is 7.91. The van der Waals surface area contributed by atoms with Crippen molar-refractivity contribution in [2.75, 3.05) is 47.3 Å². The molecule has 2 heterocycles. The number of hydrogen-bond donors (Lipinski definition) is 1. The molecule has 1 aromatic carbocycles. The third kappa shape index (κ3) is 4.21. The zero-order chi connectivity index (χ0) is 18.7. The highest BCUT2D eigenvalue weighted by atomic mass is 32.2. The third-order valence-electron chi connectivity index (χ3n) is 4.45. The Morgan fingerprint density at radius 2 is 1.96 bits per heavy atom. The number of rotatable bonds is 6. The summed E-state index contributed by atoms with van der Waals surface area (Å²) in [6.07, 6.45) is 2.16. The zero-order valence-corrected chi connectivity index (χ0v) is 16.1. The monoisotopic (exact) mass is 376 g/mol. The lowest BCUT2D eigenvalue weighted by Crippen LogP contribution is -2.37. The first-order valence-electron chi connectivity index (χ1n) is 8.59. The maximum absolute atomic E-state index is 11.8. The largest absolute Gasteiger partial charge is 0.378 e. The third-order valence-corrected chi connectivity index (χ3v) is 6.20. The lowest BCUT2D eigenvalue weighted by atomic mass is 10.2. The molecule has 0 spiro atoms. The van der Waals surface area contributed by atoms with Gasteiger partial charge in [-0.05, 0) is 37.6 Å². The van der Waals surface area contributed by atoms with E-state index in [1.54, 1.807) is 6.20 Å². The van der Waals surface area contributed by atoms with Crippen LogP contribution in [0.15, 0.2) is 30.5 Å². The number of hydrogen-bond acceptors (Lipinski definition) is 8. The van der Waals surface area contributed by atoms with Gasteiger partial charge in [0.1, 0.15) is 0 Å².